The van der Waals surface area contributed by atoms with Crippen molar-refractivity contribution >= 4 is 28.6 Å². The van der Waals surface area contributed by atoms with E-state index in [0.29, 0.717) is 11.2 Å². The van der Waals surface area contributed by atoms with E-state index in [4.69, 9.17) is 17.3 Å². The summed E-state index contributed by atoms with van der Waals surface area (Å²) in [5.41, 5.74) is 5.76. The fraction of sp³-hybridized carbons (Fsp3) is 0. The van der Waals surface area contributed by atoms with Crippen LogP contribution in [0.15, 0.2) is 4.79 Å². The fourth-order valence-electron chi connectivity index (χ4n) is 0.916. The van der Waals surface area contributed by atoms with Gasteiger partial charge in [0.25, 0.3) is 0 Å². The van der Waals surface area contributed by atoms with E-state index in [1.807, 2.05) is 0 Å². The molecule has 0 saturated carbocycles. The molecule has 0 aliphatic rings. The lowest BCUT2D eigenvalue weighted by Gasteiger charge is -1.93. The minimum Gasteiger partial charge on any atom is -0.382 e. The van der Waals surface area contributed by atoms with Crippen LogP contribution in [0, 0.1) is 0 Å². The average molecular weight is 186 g/mol. The number of aromatic amines is 2. The predicted octanol–water partition coefficient (Wildman–Crippen LogP) is -0.118. The van der Waals surface area contributed by atoms with Crippen LogP contribution in [0.5, 0.6) is 0 Å². The first-order valence-electron chi connectivity index (χ1n) is 3.08. The highest BCUT2D eigenvalue weighted by Gasteiger charge is 2.05. The van der Waals surface area contributed by atoms with Gasteiger partial charge in [0.2, 0.25) is 5.28 Å². The molecule has 0 saturated heterocycles. The molecule has 0 aliphatic heterocycles. The van der Waals surface area contributed by atoms with Gasteiger partial charge in [-0.1, -0.05) is 0 Å². The zero-order valence-corrected chi connectivity index (χ0v) is 6.51. The molecule has 4 N–H and O–H groups in total. The molecule has 2 rings (SSSR count). The summed E-state index contributed by atoms with van der Waals surface area (Å²) in [6.45, 7) is 0. The molecule has 0 atom stereocenters. The Morgan fingerprint density at radius 1 is 1.33 bits per heavy atom. The number of halogens is 1. The van der Waals surface area contributed by atoms with Gasteiger partial charge in [-0.15, -0.1) is 0 Å². The molecule has 2 aromatic heterocycles. The first-order valence-corrected chi connectivity index (χ1v) is 3.45. The van der Waals surface area contributed by atoms with Crippen LogP contribution in [-0.2, 0) is 0 Å². The molecule has 0 unspecified atom stereocenters. The SMILES string of the molecule is Nc1nc(Cl)nc2[nH]c(=O)[nH]c12. The van der Waals surface area contributed by atoms with Gasteiger partial charge in [-0.25, -0.2) is 4.79 Å². The van der Waals surface area contributed by atoms with Crippen molar-refractivity contribution in [3.05, 3.63) is 15.8 Å². The molecule has 62 valence electrons. The lowest BCUT2D eigenvalue weighted by molar-refractivity contribution is 1.19. The number of anilines is 1. The molecule has 0 spiro atoms. The second-order valence-corrected chi connectivity index (χ2v) is 2.52. The molecule has 0 radical (unpaired) electrons. The van der Waals surface area contributed by atoms with Crippen molar-refractivity contribution in [2.75, 3.05) is 5.73 Å². The number of H-pyrrole nitrogens is 2. The largest absolute Gasteiger partial charge is 0.382 e. The number of fused-ring (bicyclic) bond motifs is 1. The summed E-state index contributed by atoms with van der Waals surface area (Å²) in [6, 6.07) is 0. The molecule has 7 heteroatoms. The zero-order chi connectivity index (χ0) is 8.72. The maximum absolute atomic E-state index is 10.8. The molecule has 0 aliphatic carbocycles. The predicted molar refractivity (Wildman–Crippen MR) is 43.9 cm³/mol. The highest BCUT2D eigenvalue weighted by atomic mass is 35.5. The monoisotopic (exact) mass is 185 g/mol. The Morgan fingerprint density at radius 3 is 2.83 bits per heavy atom. The number of rotatable bonds is 0. The average Bonchev–Trinajstić information content (AvgIpc) is 2.29. The highest BCUT2D eigenvalue weighted by molar-refractivity contribution is 6.28. The van der Waals surface area contributed by atoms with Gasteiger partial charge in [-0.3, -0.25) is 4.98 Å². The Morgan fingerprint density at radius 2 is 2.08 bits per heavy atom. The number of nitrogen functional groups attached to an aromatic ring is 1. The lowest BCUT2D eigenvalue weighted by Crippen LogP contribution is -1.99. The molecular weight excluding hydrogens is 182 g/mol. The number of nitrogens with two attached hydrogens (primary N) is 1. The molecule has 0 aromatic carbocycles. The van der Waals surface area contributed by atoms with Crippen molar-refractivity contribution in [2.24, 2.45) is 0 Å². The number of nitrogens with zero attached hydrogens (tertiary/aromatic N) is 2. The van der Waals surface area contributed by atoms with Crippen molar-refractivity contribution < 1.29 is 0 Å². The topological polar surface area (TPSA) is 100 Å². The van der Waals surface area contributed by atoms with Gasteiger partial charge in [0, 0.05) is 0 Å². The summed E-state index contributed by atoms with van der Waals surface area (Å²) < 4.78 is 0. The van der Waals surface area contributed by atoms with Gasteiger partial charge in [-0.05, 0) is 11.6 Å². The van der Waals surface area contributed by atoms with Gasteiger partial charge in [0.1, 0.15) is 5.52 Å². The van der Waals surface area contributed by atoms with Crippen LogP contribution in [0.25, 0.3) is 11.2 Å². The van der Waals surface area contributed by atoms with Crippen LogP contribution in [-0.4, -0.2) is 19.9 Å². The number of hydrogen-bond acceptors (Lipinski definition) is 4. The first-order chi connectivity index (χ1) is 5.66. The number of aromatic nitrogens is 4. The number of nitrogens with one attached hydrogen (secondary N) is 2. The third-order valence-electron chi connectivity index (χ3n) is 1.38. The van der Waals surface area contributed by atoms with Crippen LogP contribution in [0.1, 0.15) is 0 Å². The van der Waals surface area contributed by atoms with Gasteiger partial charge >= 0.3 is 5.69 Å². The summed E-state index contributed by atoms with van der Waals surface area (Å²) in [6.07, 6.45) is 0. The third-order valence-corrected chi connectivity index (χ3v) is 1.55. The van der Waals surface area contributed by atoms with E-state index in [9.17, 15) is 4.79 Å². The van der Waals surface area contributed by atoms with E-state index < -0.39 is 0 Å². The third kappa shape index (κ3) is 0.928. The van der Waals surface area contributed by atoms with E-state index >= 15 is 0 Å². The second-order valence-electron chi connectivity index (χ2n) is 2.18. The van der Waals surface area contributed by atoms with Gasteiger partial charge < -0.3 is 10.7 Å². The van der Waals surface area contributed by atoms with Crippen LogP contribution >= 0.6 is 11.6 Å². The van der Waals surface area contributed by atoms with Crippen molar-refractivity contribution in [3.63, 3.8) is 0 Å². The summed E-state index contributed by atoms with van der Waals surface area (Å²) in [4.78, 5) is 23.0. The molecule has 2 aromatic rings. The standard InChI is InChI=1S/C5H4ClN5O/c6-4-9-2(7)1-3(10-4)11-5(12)8-1/h(H4,7,8,9,10,11,12). The summed E-state index contributed by atoms with van der Waals surface area (Å²) in [5, 5.41) is 0.00949. The second kappa shape index (κ2) is 2.21. The molecule has 0 bridgehead atoms. The minimum absolute atomic E-state index is 0.00949. The van der Waals surface area contributed by atoms with Crippen LogP contribution < -0.4 is 11.4 Å². The summed E-state index contributed by atoms with van der Waals surface area (Å²) in [7, 11) is 0. The van der Waals surface area contributed by atoms with E-state index in [-0.39, 0.29) is 16.8 Å². The summed E-state index contributed by atoms with van der Waals surface area (Å²) in [5.74, 6) is 0.156. The van der Waals surface area contributed by atoms with Crippen molar-refractivity contribution in [1.29, 1.82) is 0 Å². The van der Waals surface area contributed by atoms with Gasteiger partial charge in [0.15, 0.2) is 11.5 Å². The molecule has 0 amide bonds. The van der Waals surface area contributed by atoms with E-state index in [2.05, 4.69) is 19.9 Å². The van der Waals surface area contributed by atoms with E-state index in [1.165, 1.54) is 0 Å². The van der Waals surface area contributed by atoms with E-state index in [0.717, 1.165) is 0 Å². The van der Waals surface area contributed by atoms with Crippen molar-refractivity contribution in [1.82, 2.24) is 19.9 Å². The molecular formula is C5H4ClN5O. The van der Waals surface area contributed by atoms with E-state index in [1.54, 1.807) is 0 Å². The van der Waals surface area contributed by atoms with Crippen LogP contribution in [0.4, 0.5) is 5.82 Å². The quantitative estimate of drug-likeness (QED) is 0.498. The Labute approximate surface area is 70.8 Å². The number of hydrogen-bond donors (Lipinski definition) is 3. The Kier molecular flexibility index (Phi) is 1.31. The Bertz CT molecular complexity index is 486. The van der Waals surface area contributed by atoms with Crippen molar-refractivity contribution in [2.45, 2.75) is 0 Å². The normalized spacial score (nSPS) is 10.8. The first kappa shape index (κ1) is 7.11. The maximum Gasteiger partial charge on any atom is 0.325 e. The molecule has 12 heavy (non-hydrogen) atoms. The summed E-state index contributed by atoms with van der Waals surface area (Å²) >= 11 is 5.50. The molecule has 2 heterocycles. The van der Waals surface area contributed by atoms with Gasteiger partial charge in [-0.2, -0.15) is 9.97 Å². The minimum atomic E-state index is -0.381. The van der Waals surface area contributed by atoms with Gasteiger partial charge in [0.05, 0.1) is 0 Å². The highest BCUT2D eigenvalue weighted by Crippen LogP contribution is 2.13. The van der Waals surface area contributed by atoms with Crippen LogP contribution in [0.2, 0.25) is 5.28 Å². The number of imidazole rings is 1. The lowest BCUT2D eigenvalue weighted by atomic mass is 10.5. The zero-order valence-electron chi connectivity index (χ0n) is 5.76. The van der Waals surface area contributed by atoms with Crippen LogP contribution in [0.3, 0.4) is 0 Å². The maximum atomic E-state index is 10.8. The Balaban J connectivity index is 2.97. The fourth-order valence-corrected chi connectivity index (χ4v) is 1.09. The smallest absolute Gasteiger partial charge is 0.325 e. The van der Waals surface area contributed by atoms with Crippen molar-refractivity contribution in [3.8, 4) is 0 Å². The molecule has 6 nitrogen and oxygen atoms in total. The Hall–Kier alpha value is -1.56. The molecule has 0 fully saturated rings.